The van der Waals surface area contributed by atoms with Gasteiger partial charge in [-0.3, -0.25) is 4.79 Å². The largest absolute Gasteiger partial charge is 0.475 e. The van der Waals surface area contributed by atoms with Gasteiger partial charge in [0.25, 0.3) is 0 Å². The van der Waals surface area contributed by atoms with Crippen LogP contribution in [0.5, 0.6) is 0 Å². The number of amides is 1. The number of carboxylic acids is 1. The first-order valence-corrected chi connectivity index (χ1v) is 5.01. The predicted molar refractivity (Wildman–Crippen MR) is 55.3 cm³/mol. The van der Waals surface area contributed by atoms with E-state index < -0.39 is 5.97 Å². The molecule has 0 spiro atoms. The number of rotatable bonds is 3. The zero-order valence-corrected chi connectivity index (χ0v) is 8.53. The van der Waals surface area contributed by atoms with Crippen LogP contribution < -0.4 is 10.6 Å². The lowest BCUT2D eigenvalue weighted by Gasteiger charge is -2.22. The first-order valence-electron chi connectivity index (χ1n) is 5.01. The molecule has 0 saturated carbocycles. The van der Waals surface area contributed by atoms with Gasteiger partial charge in [-0.25, -0.2) is 4.79 Å². The minimum atomic E-state index is -1.09. The molecule has 1 amide bonds. The number of carbonyl (C=O) groups excluding carboxylic acids is 1. The third kappa shape index (κ3) is 2.33. The topological polar surface area (TPSA) is 91.6 Å². The molecule has 16 heavy (non-hydrogen) atoms. The zero-order chi connectivity index (χ0) is 11.5. The van der Waals surface area contributed by atoms with E-state index in [4.69, 9.17) is 9.52 Å². The van der Waals surface area contributed by atoms with E-state index in [-0.39, 0.29) is 17.7 Å². The molecule has 2 rings (SSSR count). The minimum absolute atomic E-state index is 0.0451. The molecule has 1 aliphatic heterocycles. The van der Waals surface area contributed by atoms with Crippen molar-refractivity contribution in [2.75, 3.05) is 11.9 Å². The summed E-state index contributed by atoms with van der Waals surface area (Å²) in [6, 6.07) is 3.05. The first-order chi connectivity index (χ1) is 7.65. The molecule has 6 heteroatoms. The molecule has 3 N–H and O–H groups in total. The Morgan fingerprint density at radius 2 is 2.38 bits per heavy atom. The van der Waals surface area contributed by atoms with Gasteiger partial charge >= 0.3 is 5.97 Å². The Balaban J connectivity index is 1.93. The van der Waals surface area contributed by atoms with Crippen molar-refractivity contribution in [3.63, 3.8) is 0 Å². The fraction of sp³-hybridized carbons (Fsp3) is 0.400. The molecule has 1 fully saturated rings. The lowest BCUT2D eigenvalue weighted by atomic mass is 10.1. The van der Waals surface area contributed by atoms with Gasteiger partial charge in [-0.15, -0.1) is 0 Å². The summed E-state index contributed by atoms with van der Waals surface area (Å²) in [5, 5.41) is 14.4. The fourth-order valence-corrected chi connectivity index (χ4v) is 1.59. The second kappa shape index (κ2) is 4.26. The molecule has 6 nitrogen and oxygen atoms in total. The Labute approximate surface area is 91.6 Å². The Bertz CT molecular complexity index is 403. The maximum Gasteiger partial charge on any atom is 0.371 e. The Kier molecular flexibility index (Phi) is 2.80. The lowest BCUT2D eigenvalue weighted by molar-refractivity contribution is -0.122. The highest BCUT2D eigenvalue weighted by molar-refractivity contribution is 5.84. The van der Waals surface area contributed by atoms with E-state index in [2.05, 4.69) is 10.6 Å². The van der Waals surface area contributed by atoms with Crippen LogP contribution in [-0.4, -0.2) is 29.6 Å². The van der Waals surface area contributed by atoms with Gasteiger partial charge in [-0.05, 0) is 12.5 Å². The van der Waals surface area contributed by atoms with Gasteiger partial charge in [0.05, 0.1) is 0 Å². The standard InChI is InChI=1S/C10H12N2O4/c13-8-3-1-6(5-11-8)12-9-4-2-7(16-9)10(14)15/h2,4,6,12H,1,3,5H2,(H,11,13)(H,14,15). The number of hydrogen-bond donors (Lipinski definition) is 3. The van der Waals surface area contributed by atoms with E-state index in [0.29, 0.717) is 18.8 Å². The summed E-state index contributed by atoms with van der Waals surface area (Å²) < 4.78 is 5.05. The second-order valence-corrected chi connectivity index (χ2v) is 3.65. The molecule has 0 radical (unpaired) electrons. The number of furan rings is 1. The summed E-state index contributed by atoms with van der Waals surface area (Å²) in [4.78, 5) is 21.5. The molecule has 0 aliphatic carbocycles. The van der Waals surface area contributed by atoms with Gasteiger partial charge in [-0.1, -0.05) is 0 Å². The van der Waals surface area contributed by atoms with Gasteiger partial charge in [0.15, 0.2) is 5.88 Å². The average Bonchev–Trinajstić information content (AvgIpc) is 2.70. The van der Waals surface area contributed by atoms with Crippen molar-refractivity contribution in [3.05, 3.63) is 17.9 Å². The zero-order valence-electron chi connectivity index (χ0n) is 8.53. The van der Waals surface area contributed by atoms with Crippen LogP contribution in [0, 0.1) is 0 Å². The number of carboxylic acid groups (broad SMARTS) is 1. The van der Waals surface area contributed by atoms with Crippen LogP contribution in [-0.2, 0) is 4.79 Å². The Hall–Kier alpha value is -1.98. The van der Waals surface area contributed by atoms with E-state index >= 15 is 0 Å². The van der Waals surface area contributed by atoms with Gasteiger partial charge in [0.2, 0.25) is 11.7 Å². The van der Waals surface area contributed by atoms with Crippen molar-refractivity contribution in [2.45, 2.75) is 18.9 Å². The minimum Gasteiger partial charge on any atom is -0.475 e. The molecule has 86 valence electrons. The Morgan fingerprint density at radius 3 is 2.94 bits per heavy atom. The maximum atomic E-state index is 10.9. The molecule has 1 atom stereocenters. The van der Waals surface area contributed by atoms with E-state index in [1.807, 2.05) is 0 Å². The fourth-order valence-electron chi connectivity index (χ4n) is 1.59. The van der Waals surface area contributed by atoms with Crippen LogP contribution in [0.15, 0.2) is 16.5 Å². The summed E-state index contributed by atoms with van der Waals surface area (Å²) in [7, 11) is 0. The van der Waals surface area contributed by atoms with Gasteiger partial charge in [0.1, 0.15) is 0 Å². The molecule has 1 aliphatic rings. The molecular weight excluding hydrogens is 212 g/mol. The molecule has 0 aromatic carbocycles. The van der Waals surface area contributed by atoms with Crippen molar-refractivity contribution in [1.82, 2.24) is 5.32 Å². The van der Waals surface area contributed by atoms with Gasteiger partial charge in [0, 0.05) is 25.1 Å². The van der Waals surface area contributed by atoms with Crippen LogP contribution in [0.25, 0.3) is 0 Å². The molecule has 0 bridgehead atoms. The summed E-state index contributed by atoms with van der Waals surface area (Å²) in [6.07, 6.45) is 1.19. The third-order valence-electron chi connectivity index (χ3n) is 2.43. The number of aromatic carboxylic acids is 1. The van der Waals surface area contributed by atoms with Crippen molar-refractivity contribution in [1.29, 1.82) is 0 Å². The highest BCUT2D eigenvalue weighted by atomic mass is 16.4. The third-order valence-corrected chi connectivity index (χ3v) is 2.43. The summed E-state index contributed by atoms with van der Waals surface area (Å²) in [5.74, 6) is -0.727. The number of nitrogens with one attached hydrogen (secondary N) is 2. The van der Waals surface area contributed by atoms with Gasteiger partial charge in [-0.2, -0.15) is 0 Å². The number of anilines is 1. The SMILES string of the molecule is O=C1CCC(Nc2ccc(C(=O)O)o2)CN1. The van der Waals surface area contributed by atoms with Gasteiger partial charge < -0.3 is 20.2 Å². The van der Waals surface area contributed by atoms with Crippen LogP contribution in [0.2, 0.25) is 0 Å². The predicted octanol–water partition coefficient (Wildman–Crippen LogP) is 0.668. The van der Waals surface area contributed by atoms with Crippen LogP contribution in [0.3, 0.4) is 0 Å². The van der Waals surface area contributed by atoms with E-state index in [1.165, 1.54) is 6.07 Å². The Morgan fingerprint density at radius 1 is 1.56 bits per heavy atom. The smallest absolute Gasteiger partial charge is 0.371 e. The summed E-state index contributed by atoms with van der Waals surface area (Å²) in [6.45, 7) is 0.530. The highest BCUT2D eigenvalue weighted by Crippen LogP contribution is 2.16. The average molecular weight is 224 g/mol. The van der Waals surface area contributed by atoms with Crippen molar-refractivity contribution < 1.29 is 19.1 Å². The van der Waals surface area contributed by atoms with E-state index in [0.717, 1.165) is 6.42 Å². The number of piperidine rings is 1. The molecular formula is C10H12N2O4. The molecule has 1 unspecified atom stereocenters. The number of carbonyl (C=O) groups is 2. The van der Waals surface area contributed by atoms with Crippen molar-refractivity contribution in [2.24, 2.45) is 0 Å². The van der Waals surface area contributed by atoms with Crippen LogP contribution in [0.1, 0.15) is 23.4 Å². The van der Waals surface area contributed by atoms with E-state index in [1.54, 1.807) is 6.07 Å². The van der Waals surface area contributed by atoms with Crippen molar-refractivity contribution >= 4 is 17.8 Å². The van der Waals surface area contributed by atoms with Crippen LogP contribution in [0.4, 0.5) is 5.88 Å². The molecule has 1 aromatic rings. The molecule has 1 saturated heterocycles. The normalized spacial score (nSPS) is 20.2. The summed E-state index contributed by atoms with van der Waals surface area (Å²) >= 11 is 0. The summed E-state index contributed by atoms with van der Waals surface area (Å²) in [5.41, 5.74) is 0. The van der Waals surface area contributed by atoms with E-state index in [9.17, 15) is 9.59 Å². The quantitative estimate of drug-likeness (QED) is 0.701. The molecule has 2 heterocycles. The number of hydrogen-bond acceptors (Lipinski definition) is 4. The first kappa shape index (κ1) is 10.5. The van der Waals surface area contributed by atoms with Crippen LogP contribution >= 0.6 is 0 Å². The lowest BCUT2D eigenvalue weighted by Crippen LogP contribution is -2.41. The molecule has 1 aromatic heterocycles. The second-order valence-electron chi connectivity index (χ2n) is 3.65. The highest BCUT2D eigenvalue weighted by Gasteiger charge is 2.19. The monoisotopic (exact) mass is 224 g/mol. The maximum absolute atomic E-state index is 10.9. The van der Waals surface area contributed by atoms with Crippen molar-refractivity contribution in [3.8, 4) is 0 Å².